The summed E-state index contributed by atoms with van der Waals surface area (Å²) in [5, 5.41) is 23.6. The second-order valence-electron chi connectivity index (χ2n) is 8.30. The Kier molecular flexibility index (Phi) is 11.4. The van der Waals surface area contributed by atoms with E-state index in [9.17, 15) is 24.0 Å². The van der Waals surface area contributed by atoms with Gasteiger partial charge in [-0.1, -0.05) is 47.5 Å². The first-order valence-corrected chi connectivity index (χ1v) is 12.1. The van der Waals surface area contributed by atoms with E-state index in [1.54, 1.807) is 18.2 Å². The van der Waals surface area contributed by atoms with Crippen molar-refractivity contribution in [2.75, 3.05) is 0 Å². The van der Waals surface area contributed by atoms with Crippen LogP contribution in [-0.2, 0) is 30.4 Å². The van der Waals surface area contributed by atoms with Crippen molar-refractivity contribution < 1.29 is 34.2 Å². The number of carbonyl (C=O) groups is 5. The van der Waals surface area contributed by atoms with Gasteiger partial charge < -0.3 is 26.6 Å². The average Bonchev–Trinajstić information content (AvgIpc) is 2.82. The fourth-order valence-corrected chi connectivity index (χ4v) is 4.00. The first-order chi connectivity index (χ1) is 17.4. The predicted octanol–water partition coefficient (Wildman–Crippen LogP) is 2.78. The molecule has 0 bridgehead atoms. The number of carboxylic acid groups (broad SMARTS) is 2. The molecule has 3 amide bonds. The van der Waals surface area contributed by atoms with Crippen LogP contribution in [0.2, 0.25) is 10.0 Å². The summed E-state index contributed by atoms with van der Waals surface area (Å²) in [6.45, 7) is 0. The lowest BCUT2D eigenvalue weighted by molar-refractivity contribution is -0.139. The van der Waals surface area contributed by atoms with Gasteiger partial charge in [-0.05, 0) is 54.2 Å². The van der Waals surface area contributed by atoms with Crippen LogP contribution in [0.4, 0.5) is 0 Å². The van der Waals surface area contributed by atoms with Crippen LogP contribution in [0.3, 0.4) is 0 Å². The van der Waals surface area contributed by atoms with Crippen molar-refractivity contribution in [2.45, 2.75) is 50.6 Å². The molecule has 0 saturated carbocycles. The monoisotopic (exact) mass is 551 g/mol. The summed E-state index contributed by atoms with van der Waals surface area (Å²) < 4.78 is 0. The molecule has 2 aromatic carbocycles. The Labute approximate surface area is 223 Å². The second-order valence-corrected chi connectivity index (χ2v) is 9.18. The zero-order valence-electron chi connectivity index (χ0n) is 19.7. The third kappa shape index (κ3) is 10.5. The first kappa shape index (κ1) is 29.6. The summed E-state index contributed by atoms with van der Waals surface area (Å²) in [6, 6.07) is 10.1. The van der Waals surface area contributed by atoms with Crippen LogP contribution in [0.5, 0.6) is 0 Å². The third-order valence-electron chi connectivity index (χ3n) is 5.40. The Balaban J connectivity index is 1.99. The number of amides is 3. The molecule has 2 unspecified atom stereocenters. The summed E-state index contributed by atoms with van der Waals surface area (Å²) in [4.78, 5) is 58.6. The number of aryl methyl sites for hydroxylation is 1. The number of carbonyl (C=O) groups excluding carboxylic acids is 3. The van der Waals surface area contributed by atoms with E-state index in [4.69, 9.17) is 39.1 Å². The maximum Gasteiger partial charge on any atom is 0.303 e. The van der Waals surface area contributed by atoms with E-state index in [1.165, 1.54) is 0 Å². The molecule has 0 aromatic heterocycles. The maximum absolute atomic E-state index is 12.7. The molecule has 2 rings (SSSR count). The van der Waals surface area contributed by atoms with E-state index >= 15 is 0 Å². The Morgan fingerprint density at radius 2 is 1.30 bits per heavy atom. The van der Waals surface area contributed by atoms with Crippen molar-refractivity contribution in [3.8, 4) is 11.1 Å². The van der Waals surface area contributed by atoms with Gasteiger partial charge in [0.1, 0.15) is 12.1 Å². The normalized spacial score (nSPS) is 12.3. The minimum absolute atomic E-state index is 0.0114. The zero-order valence-corrected chi connectivity index (χ0v) is 21.2. The highest BCUT2D eigenvalue weighted by molar-refractivity contribution is 6.35. The smallest absolute Gasteiger partial charge is 0.303 e. The molecule has 2 atom stereocenters. The van der Waals surface area contributed by atoms with Crippen molar-refractivity contribution in [3.05, 3.63) is 58.1 Å². The number of primary amides is 1. The highest BCUT2D eigenvalue weighted by Gasteiger charge is 2.26. The lowest BCUT2D eigenvalue weighted by atomic mass is 10.0. The number of hydrogen-bond acceptors (Lipinski definition) is 5. The summed E-state index contributed by atoms with van der Waals surface area (Å²) >= 11 is 12.1. The van der Waals surface area contributed by atoms with E-state index in [0.717, 1.165) is 16.7 Å². The molecule has 0 fully saturated rings. The number of nitrogens with two attached hydrogens (primary N) is 1. The number of halogens is 2. The minimum Gasteiger partial charge on any atom is -0.481 e. The minimum atomic E-state index is -1.28. The van der Waals surface area contributed by atoms with Gasteiger partial charge in [-0.3, -0.25) is 24.0 Å². The standard InChI is InChI=1S/C25H27Cl2N3O7/c26-17-11-16(12-18(27)13-17)15-4-1-14(2-5-15)3-8-21(31)29-20(7-10-23(34)35)25(37)30-19(24(28)36)6-9-22(32)33/h1-2,4-5,11-13,19-20H,3,6-10H2,(H2,28,36)(H,29,31)(H,30,37)(H,32,33)(H,34,35). The number of rotatable bonds is 14. The molecule has 0 aliphatic heterocycles. The predicted molar refractivity (Wildman–Crippen MR) is 137 cm³/mol. The van der Waals surface area contributed by atoms with Crippen LogP contribution < -0.4 is 16.4 Å². The van der Waals surface area contributed by atoms with E-state index in [-0.39, 0.29) is 19.3 Å². The van der Waals surface area contributed by atoms with Gasteiger partial charge in [0.15, 0.2) is 0 Å². The highest BCUT2D eigenvalue weighted by Crippen LogP contribution is 2.27. The molecule has 0 radical (unpaired) electrons. The first-order valence-electron chi connectivity index (χ1n) is 11.3. The molecule has 198 valence electrons. The number of nitrogens with one attached hydrogen (secondary N) is 2. The summed E-state index contributed by atoms with van der Waals surface area (Å²) in [5.41, 5.74) is 7.80. The molecule has 0 saturated heterocycles. The Morgan fingerprint density at radius 3 is 1.81 bits per heavy atom. The van der Waals surface area contributed by atoms with Gasteiger partial charge in [0.2, 0.25) is 17.7 Å². The van der Waals surface area contributed by atoms with E-state index in [2.05, 4.69) is 10.6 Å². The molecule has 0 heterocycles. The third-order valence-corrected chi connectivity index (χ3v) is 5.83. The molecule has 2 aromatic rings. The fraction of sp³-hybridized carbons (Fsp3) is 0.320. The van der Waals surface area contributed by atoms with Gasteiger partial charge in [-0.25, -0.2) is 0 Å². The summed E-state index contributed by atoms with van der Waals surface area (Å²) in [5.74, 6) is -4.63. The molecule has 37 heavy (non-hydrogen) atoms. The zero-order chi connectivity index (χ0) is 27.5. The Bertz CT molecular complexity index is 1140. The average molecular weight is 552 g/mol. The fourth-order valence-electron chi connectivity index (χ4n) is 3.47. The number of carboxylic acids is 2. The lowest BCUT2D eigenvalue weighted by Crippen LogP contribution is -2.53. The van der Waals surface area contributed by atoms with Gasteiger partial charge in [0.05, 0.1) is 0 Å². The van der Waals surface area contributed by atoms with Crippen molar-refractivity contribution in [2.24, 2.45) is 5.73 Å². The molecule has 6 N–H and O–H groups in total. The number of hydrogen-bond donors (Lipinski definition) is 5. The van der Waals surface area contributed by atoms with E-state index in [0.29, 0.717) is 16.5 Å². The summed E-state index contributed by atoms with van der Waals surface area (Å²) in [7, 11) is 0. The van der Waals surface area contributed by atoms with Crippen molar-refractivity contribution in [3.63, 3.8) is 0 Å². The van der Waals surface area contributed by atoms with Gasteiger partial charge in [0, 0.05) is 29.3 Å². The second kappa shape index (κ2) is 14.2. The van der Waals surface area contributed by atoms with E-state index in [1.807, 2.05) is 24.3 Å². The van der Waals surface area contributed by atoms with Gasteiger partial charge in [-0.2, -0.15) is 0 Å². The van der Waals surface area contributed by atoms with Crippen LogP contribution in [0.15, 0.2) is 42.5 Å². The van der Waals surface area contributed by atoms with Crippen LogP contribution in [0.25, 0.3) is 11.1 Å². The Hall–Kier alpha value is -3.63. The van der Waals surface area contributed by atoms with E-state index < -0.39 is 54.6 Å². The van der Waals surface area contributed by atoms with Crippen molar-refractivity contribution >= 4 is 52.9 Å². The molecule has 10 nitrogen and oxygen atoms in total. The van der Waals surface area contributed by atoms with Crippen LogP contribution in [0, 0.1) is 0 Å². The maximum atomic E-state index is 12.7. The van der Waals surface area contributed by atoms with Gasteiger partial charge in [-0.15, -0.1) is 0 Å². The topological polar surface area (TPSA) is 176 Å². The van der Waals surface area contributed by atoms with Gasteiger partial charge >= 0.3 is 11.9 Å². The molecular weight excluding hydrogens is 525 g/mol. The lowest BCUT2D eigenvalue weighted by Gasteiger charge is -2.21. The molecule has 0 spiro atoms. The summed E-state index contributed by atoms with van der Waals surface area (Å²) in [6.07, 6.45) is -0.940. The van der Waals surface area contributed by atoms with Crippen LogP contribution in [-0.4, -0.2) is 52.0 Å². The molecule has 0 aliphatic carbocycles. The quantitative estimate of drug-likeness (QED) is 0.239. The van der Waals surface area contributed by atoms with Crippen LogP contribution in [0.1, 0.15) is 37.7 Å². The number of benzene rings is 2. The van der Waals surface area contributed by atoms with Crippen molar-refractivity contribution in [1.82, 2.24) is 10.6 Å². The number of aliphatic carboxylic acids is 2. The van der Waals surface area contributed by atoms with Crippen LogP contribution >= 0.6 is 23.2 Å². The Morgan fingerprint density at radius 1 is 0.757 bits per heavy atom. The molecular formula is C25H27Cl2N3O7. The van der Waals surface area contributed by atoms with Gasteiger partial charge in [0.25, 0.3) is 0 Å². The molecule has 12 heteroatoms. The SMILES string of the molecule is NC(=O)C(CCC(=O)O)NC(=O)C(CCC(=O)O)NC(=O)CCc1ccc(-c2cc(Cl)cc(Cl)c2)cc1. The van der Waals surface area contributed by atoms with Crippen molar-refractivity contribution in [1.29, 1.82) is 0 Å². The highest BCUT2D eigenvalue weighted by atomic mass is 35.5. The largest absolute Gasteiger partial charge is 0.481 e. The molecule has 0 aliphatic rings.